The summed E-state index contributed by atoms with van der Waals surface area (Å²) in [6.45, 7) is 4.22. The first-order chi connectivity index (χ1) is 12.7. The molecule has 1 aromatic heterocycles. The van der Waals surface area contributed by atoms with E-state index < -0.39 is 0 Å². The van der Waals surface area contributed by atoms with Crippen molar-refractivity contribution in [1.82, 2.24) is 9.97 Å². The summed E-state index contributed by atoms with van der Waals surface area (Å²) in [6, 6.07) is 27.0. The molecule has 0 aliphatic heterocycles. The van der Waals surface area contributed by atoms with E-state index in [0.29, 0.717) is 0 Å². The lowest BCUT2D eigenvalue weighted by Crippen LogP contribution is -1.97. The molecule has 4 rings (SSSR count). The second-order valence-electron chi connectivity index (χ2n) is 6.50. The molecule has 126 valence electrons. The van der Waals surface area contributed by atoms with Crippen molar-refractivity contribution in [3.05, 3.63) is 96.2 Å². The Hall–Kier alpha value is -3.26. The summed E-state index contributed by atoms with van der Waals surface area (Å²) in [5.41, 5.74) is 8.43. The van der Waals surface area contributed by atoms with Crippen LogP contribution in [0.25, 0.3) is 33.8 Å². The predicted octanol–water partition coefficient (Wildman–Crippen LogP) is 6.09. The molecule has 0 fully saturated rings. The molecule has 0 radical (unpaired) electrons. The average molecular weight is 336 g/mol. The predicted molar refractivity (Wildman–Crippen MR) is 108 cm³/mol. The standard InChI is InChI=1S/C24H20N2/c1-17-9-8-13-20(15-17)23-24(21-14-7-6-10-18(21)2)25-16-22(26-23)19-11-4-3-5-12-19/h3-16H,1-2H3. The Morgan fingerprint density at radius 3 is 2.15 bits per heavy atom. The van der Waals surface area contributed by atoms with Gasteiger partial charge in [-0.2, -0.15) is 0 Å². The van der Waals surface area contributed by atoms with Crippen LogP contribution >= 0.6 is 0 Å². The molecule has 0 aliphatic carbocycles. The molecule has 0 amide bonds. The van der Waals surface area contributed by atoms with Crippen LogP contribution in [0.3, 0.4) is 0 Å². The zero-order valence-electron chi connectivity index (χ0n) is 15.0. The maximum Gasteiger partial charge on any atom is 0.0972 e. The Bertz CT molecular complexity index is 1050. The Kier molecular flexibility index (Phi) is 4.32. The monoisotopic (exact) mass is 336 g/mol. The van der Waals surface area contributed by atoms with Gasteiger partial charge in [-0.25, -0.2) is 4.98 Å². The van der Waals surface area contributed by atoms with Crippen LogP contribution in [0, 0.1) is 13.8 Å². The van der Waals surface area contributed by atoms with Crippen LogP contribution in [0.1, 0.15) is 11.1 Å². The van der Waals surface area contributed by atoms with E-state index in [1.54, 1.807) is 0 Å². The SMILES string of the molecule is Cc1cccc(-c2nc(-c3ccccc3)cnc2-c2ccccc2C)c1. The third-order valence-electron chi connectivity index (χ3n) is 4.53. The van der Waals surface area contributed by atoms with E-state index in [9.17, 15) is 0 Å². The second-order valence-corrected chi connectivity index (χ2v) is 6.50. The van der Waals surface area contributed by atoms with Crippen LogP contribution in [0.2, 0.25) is 0 Å². The number of aryl methyl sites for hydroxylation is 2. The first-order valence-electron chi connectivity index (χ1n) is 8.78. The van der Waals surface area contributed by atoms with Gasteiger partial charge in [0.2, 0.25) is 0 Å². The van der Waals surface area contributed by atoms with E-state index in [2.05, 4.69) is 74.5 Å². The number of rotatable bonds is 3. The molecule has 0 bridgehead atoms. The lowest BCUT2D eigenvalue weighted by atomic mass is 9.99. The molecule has 4 aromatic rings. The first kappa shape index (κ1) is 16.2. The minimum atomic E-state index is 0.888. The fourth-order valence-corrected chi connectivity index (χ4v) is 3.17. The lowest BCUT2D eigenvalue weighted by molar-refractivity contribution is 1.20. The van der Waals surface area contributed by atoms with Crippen LogP contribution in [0.4, 0.5) is 0 Å². The molecule has 0 saturated heterocycles. The third kappa shape index (κ3) is 3.14. The highest BCUT2D eigenvalue weighted by atomic mass is 14.8. The quantitative estimate of drug-likeness (QED) is 0.452. The van der Waals surface area contributed by atoms with Gasteiger partial charge in [0.25, 0.3) is 0 Å². The minimum absolute atomic E-state index is 0.888. The zero-order valence-corrected chi connectivity index (χ0v) is 15.0. The van der Waals surface area contributed by atoms with E-state index in [0.717, 1.165) is 33.8 Å². The Labute approximate surface area is 154 Å². The van der Waals surface area contributed by atoms with Gasteiger partial charge in [-0.05, 0) is 25.5 Å². The first-order valence-corrected chi connectivity index (χ1v) is 8.78. The fourth-order valence-electron chi connectivity index (χ4n) is 3.17. The number of benzene rings is 3. The molecular formula is C24H20N2. The van der Waals surface area contributed by atoms with E-state index in [1.807, 2.05) is 24.4 Å². The molecule has 0 atom stereocenters. The highest BCUT2D eigenvalue weighted by Gasteiger charge is 2.14. The molecule has 2 heteroatoms. The molecular weight excluding hydrogens is 316 g/mol. The van der Waals surface area contributed by atoms with Gasteiger partial charge in [0.1, 0.15) is 0 Å². The maximum absolute atomic E-state index is 5.01. The molecule has 3 aromatic carbocycles. The number of aromatic nitrogens is 2. The largest absolute Gasteiger partial charge is 0.252 e. The lowest BCUT2D eigenvalue weighted by Gasteiger charge is -2.13. The van der Waals surface area contributed by atoms with E-state index in [4.69, 9.17) is 9.97 Å². The molecule has 0 N–H and O–H groups in total. The number of hydrogen-bond acceptors (Lipinski definition) is 2. The Morgan fingerprint density at radius 1 is 0.654 bits per heavy atom. The van der Waals surface area contributed by atoms with Crippen LogP contribution in [0.5, 0.6) is 0 Å². The van der Waals surface area contributed by atoms with Crippen molar-refractivity contribution < 1.29 is 0 Å². The van der Waals surface area contributed by atoms with Crippen LogP contribution in [0.15, 0.2) is 85.1 Å². The molecule has 26 heavy (non-hydrogen) atoms. The molecule has 2 nitrogen and oxygen atoms in total. The van der Waals surface area contributed by atoms with Gasteiger partial charge in [-0.15, -0.1) is 0 Å². The van der Waals surface area contributed by atoms with Crippen molar-refractivity contribution in [2.45, 2.75) is 13.8 Å². The number of hydrogen-bond donors (Lipinski definition) is 0. The summed E-state index contributed by atoms with van der Waals surface area (Å²) < 4.78 is 0. The summed E-state index contributed by atoms with van der Waals surface area (Å²) >= 11 is 0. The van der Waals surface area contributed by atoms with Crippen LogP contribution in [-0.4, -0.2) is 9.97 Å². The van der Waals surface area contributed by atoms with Crippen molar-refractivity contribution in [3.8, 4) is 33.8 Å². The van der Waals surface area contributed by atoms with Crippen molar-refractivity contribution in [3.63, 3.8) is 0 Å². The van der Waals surface area contributed by atoms with E-state index in [1.165, 1.54) is 11.1 Å². The zero-order chi connectivity index (χ0) is 17.9. The van der Waals surface area contributed by atoms with Gasteiger partial charge in [0.05, 0.1) is 23.3 Å². The fraction of sp³-hybridized carbons (Fsp3) is 0.0833. The highest BCUT2D eigenvalue weighted by molar-refractivity contribution is 5.81. The minimum Gasteiger partial charge on any atom is -0.252 e. The van der Waals surface area contributed by atoms with E-state index >= 15 is 0 Å². The summed E-state index contributed by atoms with van der Waals surface area (Å²) in [4.78, 5) is 9.84. The second kappa shape index (κ2) is 6.93. The summed E-state index contributed by atoms with van der Waals surface area (Å²) in [6.07, 6.45) is 1.87. The molecule has 0 aliphatic rings. The van der Waals surface area contributed by atoms with Crippen molar-refractivity contribution in [2.75, 3.05) is 0 Å². The van der Waals surface area contributed by atoms with Gasteiger partial charge in [0.15, 0.2) is 0 Å². The maximum atomic E-state index is 5.01. The van der Waals surface area contributed by atoms with Gasteiger partial charge >= 0.3 is 0 Å². The summed E-state index contributed by atoms with van der Waals surface area (Å²) in [5.74, 6) is 0. The summed E-state index contributed by atoms with van der Waals surface area (Å²) in [5, 5.41) is 0. The van der Waals surface area contributed by atoms with Gasteiger partial charge < -0.3 is 0 Å². The molecule has 0 unspecified atom stereocenters. The van der Waals surface area contributed by atoms with Crippen molar-refractivity contribution in [2.24, 2.45) is 0 Å². The Morgan fingerprint density at radius 2 is 1.38 bits per heavy atom. The molecule has 0 spiro atoms. The number of nitrogens with zero attached hydrogens (tertiary/aromatic N) is 2. The van der Waals surface area contributed by atoms with Gasteiger partial charge in [-0.1, -0.05) is 78.4 Å². The molecule has 1 heterocycles. The summed E-state index contributed by atoms with van der Waals surface area (Å²) in [7, 11) is 0. The normalized spacial score (nSPS) is 10.7. The highest BCUT2D eigenvalue weighted by Crippen LogP contribution is 2.32. The Balaban J connectivity index is 1.96. The van der Waals surface area contributed by atoms with Crippen molar-refractivity contribution in [1.29, 1.82) is 0 Å². The van der Waals surface area contributed by atoms with Crippen molar-refractivity contribution >= 4 is 0 Å². The smallest absolute Gasteiger partial charge is 0.0972 e. The third-order valence-corrected chi connectivity index (χ3v) is 4.53. The average Bonchev–Trinajstić information content (AvgIpc) is 2.69. The van der Waals surface area contributed by atoms with Crippen LogP contribution < -0.4 is 0 Å². The van der Waals surface area contributed by atoms with Crippen LogP contribution in [-0.2, 0) is 0 Å². The van der Waals surface area contributed by atoms with E-state index in [-0.39, 0.29) is 0 Å². The van der Waals surface area contributed by atoms with Gasteiger partial charge in [-0.3, -0.25) is 4.98 Å². The topological polar surface area (TPSA) is 25.8 Å². The van der Waals surface area contributed by atoms with Gasteiger partial charge in [0, 0.05) is 16.7 Å². The molecule has 0 saturated carbocycles.